The van der Waals surface area contributed by atoms with Gasteiger partial charge in [-0.1, -0.05) is 48.5 Å². The molecule has 174 valence electrons. The first kappa shape index (κ1) is 24.4. The SMILES string of the molecule is CC(C)NS(=O)(=O)Cc1ccc(CNC(=O)c2ccccc2OCc2ccc(F)cc2)cc1. The smallest absolute Gasteiger partial charge is 0.255 e. The number of rotatable bonds is 10. The second-order valence-electron chi connectivity index (χ2n) is 7.94. The second kappa shape index (κ2) is 11.1. The van der Waals surface area contributed by atoms with E-state index in [9.17, 15) is 17.6 Å². The van der Waals surface area contributed by atoms with Gasteiger partial charge in [0.15, 0.2) is 0 Å². The number of carbonyl (C=O) groups excluding carboxylic acids is 1. The number of amides is 1. The molecular weight excluding hydrogens is 443 g/mol. The molecular formula is C25H27FN2O4S. The summed E-state index contributed by atoms with van der Waals surface area (Å²) in [7, 11) is -3.39. The summed E-state index contributed by atoms with van der Waals surface area (Å²) < 4.78 is 45.5. The number of sulfonamides is 1. The third-order valence-corrected chi connectivity index (χ3v) is 6.23. The fraction of sp³-hybridized carbons (Fsp3) is 0.240. The molecule has 3 aromatic rings. The number of halogens is 1. The Morgan fingerprint density at radius 1 is 0.909 bits per heavy atom. The average Bonchev–Trinajstić information content (AvgIpc) is 2.77. The summed E-state index contributed by atoms with van der Waals surface area (Å²) in [5.41, 5.74) is 2.68. The Labute approximate surface area is 193 Å². The highest BCUT2D eigenvalue weighted by atomic mass is 32.2. The van der Waals surface area contributed by atoms with Gasteiger partial charge in [-0.15, -0.1) is 0 Å². The van der Waals surface area contributed by atoms with Crippen LogP contribution in [0.2, 0.25) is 0 Å². The number of nitrogens with one attached hydrogen (secondary N) is 2. The van der Waals surface area contributed by atoms with E-state index >= 15 is 0 Å². The minimum atomic E-state index is -3.39. The predicted molar refractivity (Wildman–Crippen MR) is 126 cm³/mol. The maximum atomic E-state index is 13.1. The largest absolute Gasteiger partial charge is 0.488 e. The number of para-hydroxylation sites is 1. The minimum Gasteiger partial charge on any atom is -0.488 e. The zero-order valence-electron chi connectivity index (χ0n) is 18.5. The van der Waals surface area contributed by atoms with E-state index in [-0.39, 0.29) is 36.7 Å². The molecule has 33 heavy (non-hydrogen) atoms. The summed E-state index contributed by atoms with van der Waals surface area (Å²) in [5, 5.41) is 2.86. The maximum absolute atomic E-state index is 13.1. The molecule has 0 aliphatic carbocycles. The molecule has 0 atom stereocenters. The molecule has 0 fully saturated rings. The van der Waals surface area contributed by atoms with Crippen molar-refractivity contribution in [2.24, 2.45) is 0 Å². The number of benzene rings is 3. The molecule has 0 unspecified atom stereocenters. The molecule has 3 aromatic carbocycles. The Hall–Kier alpha value is -3.23. The van der Waals surface area contributed by atoms with Gasteiger partial charge < -0.3 is 10.1 Å². The van der Waals surface area contributed by atoms with Crippen LogP contribution in [0.15, 0.2) is 72.8 Å². The number of hydrogen-bond donors (Lipinski definition) is 2. The third-order valence-electron chi connectivity index (χ3n) is 4.69. The van der Waals surface area contributed by atoms with Gasteiger partial charge in [0.05, 0.1) is 11.3 Å². The topological polar surface area (TPSA) is 84.5 Å². The predicted octanol–water partition coefficient (Wildman–Crippen LogP) is 4.16. The molecule has 0 heterocycles. The van der Waals surface area contributed by atoms with Crippen LogP contribution >= 0.6 is 0 Å². The summed E-state index contributed by atoms with van der Waals surface area (Å²) in [4.78, 5) is 12.7. The van der Waals surface area contributed by atoms with Gasteiger partial charge in [0.25, 0.3) is 5.91 Å². The van der Waals surface area contributed by atoms with Crippen molar-refractivity contribution in [3.63, 3.8) is 0 Å². The van der Waals surface area contributed by atoms with Crippen LogP contribution in [0.3, 0.4) is 0 Å². The molecule has 0 spiro atoms. The summed E-state index contributed by atoms with van der Waals surface area (Å²) in [6.45, 7) is 4.04. The molecule has 0 aromatic heterocycles. The van der Waals surface area contributed by atoms with E-state index in [1.54, 1.807) is 74.5 Å². The Bertz CT molecular complexity index is 1180. The summed E-state index contributed by atoms with van der Waals surface area (Å²) in [6, 6.07) is 19.8. The van der Waals surface area contributed by atoms with Gasteiger partial charge in [0.1, 0.15) is 18.2 Å². The second-order valence-corrected chi connectivity index (χ2v) is 9.70. The maximum Gasteiger partial charge on any atom is 0.255 e. The van der Waals surface area contributed by atoms with Crippen LogP contribution in [0.5, 0.6) is 5.75 Å². The minimum absolute atomic E-state index is 0.101. The summed E-state index contributed by atoms with van der Waals surface area (Å²) >= 11 is 0. The fourth-order valence-corrected chi connectivity index (χ4v) is 4.61. The van der Waals surface area contributed by atoms with E-state index in [2.05, 4.69) is 10.0 Å². The van der Waals surface area contributed by atoms with E-state index in [1.807, 2.05) is 0 Å². The number of hydrogen-bond acceptors (Lipinski definition) is 4. The third kappa shape index (κ3) is 7.69. The molecule has 0 aliphatic heterocycles. The van der Waals surface area contributed by atoms with Gasteiger partial charge >= 0.3 is 0 Å². The van der Waals surface area contributed by atoms with E-state index in [0.717, 1.165) is 11.1 Å². The molecule has 0 bridgehead atoms. The zero-order chi connectivity index (χ0) is 23.8. The van der Waals surface area contributed by atoms with Crippen LogP contribution in [-0.2, 0) is 28.9 Å². The van der Waals surface area contributed by atoms with Gasteiger partial charge in [-0.05, 0) is 54.8 Å². The van der Waals surface area contributed by atoms with Crippen LogP contribution in [0.1, 0.15) is 40.9 Å². The van der Waals surface area contributed by atoms with Gasteiger partial charge in [-0.2, -0.15) is 0 Å². The van der Waals surface area contributed by atoms with Crippen LogP contribution in [0, 0.1) is 5.82 Å². The van der Waals surface area contributed by atoms with E-state index in [4.69, 9.17) is 4.74 Å². The zero-order valence-corrected chi connectivity index (χ0v) is 19.4. The first-order chi connectivity index (χ1) is 15.7. The average molecular weight is 471 g/mol. The molecule has 2 N–H and O–H groups in total. The van der Waals surface area contributed by atoms with Crippen LogP contribution < -0.4 is 14.8 Å². The molecule has 0 saturated carbocycles. The van der Waals surface area contributed by atoms with E-state index in [1.165, 1.54) is 12.1 Å². The lowest BCUT2D eigenvalue weighted by Crippen LogP contribution is -2.31. The van der Waals surface area contributed by atoms with Crippen LogP contribution in [-0.4, -0.2) is 20.4 Å². The lowest BCUT2D eigenvalue weighted by Gasteiger charge is -2.12. The molecule has 3 rings (SSSR count). The van der Waals surface area contributed by atoms with Crippen molar-refractivity contribution in [2.75, 3.05) is 0 Å². The molecule has 1 amide bonds. The Morgan fingerprint density at radius 3 is 2.18 bits per heavy atom. The monoisotopic (exact) mass is 470 g/mol. The molecule has 0 aliphatic rings. The van der Waals surface area contributed by atoms with Gasteiger partial charge in [0, 0.05) is 12.6 Å². The quantitative estimate of drug-likeness (QED) is 0.466. The number of carbonyl (C=O) groups is 1. The molecule has 0 radical (unpaired) electrons. The first-order valence-electron chi connectivity index (χ1n) is 10.5. The van der Waals surface area contributed by atoms with Gasteiger partial charge in [-0.3, -0.25) is 4.79 Å². The van der Waals surface area contributed by atoms with Crippen LogP contribution in [0.25, 0.3) is 0 Å². The Kier molecular flexibility index (Phi) is 8.19. The highest BCUT2D eigenvalue weighted by molar-refractivity contribution is 7.88. The summed E-state index contributed by atoms with van der Waals surface area (Å²) in [5.74, 6) is -0.285. The van der Waals surface area contributed by atoms with Crippen LogP contribution in [0.4, 0.5) is 4.39 Å². The van der Waals surface area contributed by atoms with Crippen molar-refractivity contribution in [2.45, 2.75) is 38.8 Å². The molecule has 8 heteroatoms. The first-order valence-corrected chi connectivity index (χ1v) is 12.2. The van der Waals surface area contributed by atoms with Gasteiger partial charge in [0.2, 0.25) is 10.0 Å². The van der Waals surface area contributed by atoms with Crippen molar-refractivity contribution in [3.05, 3.63) is 101 Å². The fourth-order valence-electron chi connectivity index (χ4n) is 3.17. The van der Waals surface area contributed by atoms with Crippen molar-refractivity contribution in [1.29, 1.82) is 0 Å². The molecule has 0 saturated heterocycles. The Balaban J connectivity index is 1.58. The van der Waals surface area contributed by atoms with Crippen molar-refractivity contribution >= 4 is 15.9 Å². The normalized spacial score (nSPS) is 11.4. The summed E-state index contributed by atoms with van der Waals surface area (Å²) in [6.07, 6.45) is 0. The standard InChI is InChI=1S/C25H27FN2O4S/c1-18(2)28-33(30,31)17-21-9-7-19(8-10-21)15-27-25(29)23-5-3-4-6-24(23)32-16-20-11-13-22(26)14-12-20/h3-14,18,28H,15-17H2,1-2H3,(H,27,29). The number of ether oxygens (including phenoxy) is 1. The highest BCUT2D eigenvalue weighted by Crippen LogP contribution is 2.20. The molecule has 6 nitrogen and oxygen atoms in total. The lowest BCUT2D eigenvalue weighted by molar-refractivity contribution is 0.0946. The lowest BCUT2D eigenvalue weighted by atomic mass is 10.1. The van der Waals surface area contributed by atoms with E-state index < -0.39 is 10.0 Å². The Morgan fingerprint density at radius 2 is 1.52 bits per heavy atom. The van der Waals surface area contributed by atoms with E-state index in [0.29, 0.717) is 16.9 Å². The highest BCUT2D eigenvalue weighted by Gasteiger charge is 2.14. The van der Waals surface area contributed by atoms with Gasteiger partial charge in [-0.25, -0.2) is 17.5 Å². The van der Waals surface area contributed by atoms with Crippen molar-refractivity contribution in [3.8, 4) is 5.75 Å². The van der Waals surface area contributed by atoms with Crippen molar-refractivity contribution in [1.82, 2.24) is 10.0 Å². The van der Waals surface area contributed by atoms with Crippen molar-refractivity contribution < 1.29 is 22.3 Å².